The van der Waals surface area contributed by atoms with Crippen LogP contribution in [0, 0.1) is 6.92 Å². The van der Waals surface area contributed by atoms with Gasteiger partial charge in [-0.2, -0.15) is 5.10 Å². The molecule has 0 radical (unpaired) electrons. The van der Waals surface area contributed by atoms with Gasteiger partial charge in [-0.05, 0) is 31.0 Å². The minimum atomic E-state index is -0.114. The lowest BCUT2D eigenvalue weighted by Gasteiger charge is -2.06. The van der Waals surface area contributed by atoms with E-state index in [4.69, 9.17) is 5.73 Å². The molecule has 5 nitrogen and oxygen atoms in total. The lowest BCUT2D eigenvalue weighted by molar-refractivity contribution is 0.0950. The van der Waals surface area contributed by atoms with Crippen molar-refractivity contribution in [2.75, 3.05) is 6.54 Å². The van der Waals surface area contributed by atoms with Gasteiger partial charge < -0.3 is 11.1 Å². The number of carbonyl (C=O) groups excluding carboxylic acids is 1. The first-order valence-electron chi connectivity index (χ1n) is 6.26. The van der Waals surface area contributed by atoms with Gasteiger partial charge >= 0.3 is 0 Å². The Morgan fingerprint density at radius 1 is 1.32 bits per heavy atom. The Balaban J connectivity index is 1.92. The summed E-state index contributed by atoms with van der Waals surface area (Å²) in [6, 6.07) is 8.09. The molecule has 0 saturated carbocycles. The van der Waals surface area contributed by atoms with Crippen LogP contribution in [0.5, 0.6) is 0 Å². The molecule has 0 aliphatic rings. The van der Waals surface area contributed by atoms with Crippen molar-refractivity contribution in [1.29, 1.82) is 0 Å². The maximum absolute atomic E-state index is 11.9. The fraction of sp³-hybridized carbons (Fsp3) is 0.286. The summed E-state index contributed by atoms with van der Waals surface area (Å²) in [5.74, 6) is -0.114. The monoisotopic (exact) mass is 258 g/mol. The normalized spacial score (nSPS) is 10.4. The zero-order valence-electron chi connectivity index (χ0n) is 10.9. The van der Waals surface area contributed by atoms with E-state index in [-0.39, 0.29) is 5.91 Å². The van der Waals surface area contributed by atoms with Crippen LogP contribution in [0.3, 0.4) is 0 Å². The lowest BCUT2D eigenvalue weighted by Crippen LogP contribution is -2.23. The number of benzene rings is 1. The maximum atomic E-state index is 11.9. The highest BCUT2D eigenvalue weighted by molar-refractivity contribution is 5.94. The number of nitrogens with two attached hydrogens (primary N) is 1. The molecule has 100 valence electrons. The van der Waals surface area contributed by atoms with Crippen LogP contribution in [0.1, 0.15) is 27.2 Å². The predicted octanol–water partition coefficient (Wildman–Crippen LogP) is 1.15. The zero-order chi connectivity index (χ0) is 13.7. The summed E-state index contributed by atoms with van der Waals surface area (Å²) >= 11 is 0. The third-order valence-corrected chi connectivity index (χ3v) is 2.98. The molecular formula is C14H18N4O. The quantitative estimate of drug-likeness (QED) is 0.752. The molecule has 1 aromatic carbocycles. The Morgan fingerprint density at radius 3 is 2.58 bits per heavy atom. The number of carbonyl (C=O) groups is 1. The summed E-state index contributed by atoms with van der Waals surface area (Å²) in [5, 5.41) is 9.45. The smallest absolute Gasteiger partial charge is 0.255 e. The van der Waals surface area contributed by atoms with Gasteiger partial charge in [0, 0.05) is 12.2 Å². The Kier molecular flexibility index (Phi) is 4.30. The van der Waals surface area contributed by atoms with Crippen molar-refractivity contribution < 1.29 is 4.79 Å². The molecule has 0 unspecified atom stereocenters. The molecule has 2 aromatic rings. The largest absolute Gasteiger partial charge is 0.348 e. The van der Waals surface area contributed by atoms with Crippen LogP contribution in [0.2, 0.25) is 0 Å². The fourth-order valence-corrected chi connectivity index (χ4v) is 1.85. The molecule has 1 aromatic heterocycles. The summed E-state index contributed by atoms with van der Waals surface area (Å²) in [7, 11) is 0. The topological polar surface area (TPSA) is 83.8 Å². The number of aromatic amines is 1. The molecule has 0 fully saturated rings. The highest BCUT2D eigenvalue weighted by Gasteiger charge is 2.09. The highest BCUT2D eigenvalue weighted by Crippen LogP contribution is 2.06. The summed E-state index contributed by atoms with van der Waals surface area (Å²) < 4.78 is 0. The number of aromatic nitrogens is 2. The standard InChI is InChI=1S/C14H18N4O/c1-10-13(9-17-18-10)14(19)16-8-12-4-2-11(3-5-12)6-7-15/h2-5,9H,6-8,15H2,1H3,(H,16,19)(H,17,18). The number of hydrogen-bond donors (Lipinski definition) is 3. The van der Waals surface area contributed by atoms with Crippen LogP contribution >= 0.6 is 0 Å². The molecule has 0 bridgehead atoms. The van der Waals surface area contributed by atoms with Crippen LogP contribution < -0.4 is 11.1 Å². The number of nitrogens with zero attached hydrogens (tertiary/aromatic N) is 1. The van der Waals surface area contributed by atoms with E-state index in [1.54, 1.807) is 0 Å². The Hall–Kier alpha value is -2.14. The summed E-state index contributed by atoms with van der Waals surface area (Å²) in [6.07, 6.45) is 2.41. The number of rotatable bonds is 5. The minimum Gasteiger partial charge on any atom is -0.348 e. The summed E-state index contributed by atoms with van der Waals surface area (Å²) in [4.78, 5) is 11.9. The molecule has 19 heavy (non-hydrogen) atoms. The van der Waals surface area contributed by atoms with Gasteiger partial charge in [-0.3, -0.25) is 9.89 Å². The maximum Gasteiger partial charge on any atom is 0.255 e. The molecule has 2 rings (SSSR count). The minimum absolute atomic E-state index is 0.114. The Bertz CT molecular complexity index is 545. The van der Waals surface area contributed by atoms with Crippen molar-refractivity contribution in [3.05, 3.63) is 52.8 Å². The van der Waals surface area contributed by atoms with Gasteiger partial charge in [-0.15, -0.1) is 0 Å². The number of nitrogens with one attached hydrogen (secondary N) is 2. The van der Waals surface area contributed by atoms with Gasteiger partial charge in [0.1, 0.15) is 0 Å². The van der Waals surface area contributed by atoms with E-state index in [1.807, 2.05) is 31.2 Å². The molecule has 0 aliphatic heterocycles. The Labute approximate surface area is 112 Å². The molecule has 4 N–H and O–H groups in total. The molecule has 0 saturated heterocycles. The van der Waals surface area contributed by atoms with E-state index in [1.165, 1.54) is 11.8 Å². The zero-order valence-corrected chi connectivity index (χ0v) is 10.9. The lowest BCUT2D eigenvalue weighted by atomic mass is 10.1. The van der Waals surface area contributed by atoms with E-state index in [2.05, 4.69) is 15.5 Å². The number of aryl methyl sites for hydroxylation is 1. The first-order valence-corrected chi connectivity index (χ1v) is 6.26. The Morgan fingerprint density at radius 2 is 2.00 bits per heavy atom. The van der Waals surface area contributed by atoms with Crippen LogP contribution in [-0.4, -0.2) is 22.6 Å². The van der Waals surface area contributed by atoms with Crippen molar-refractivity contribution in [2.45, 2.75) is 19.9 Å². The second-order valence-electron chi connectivity index (χ2n) is 4.45. The molecular weight excluding hydrogens is 240 g/mol. The van der Waals surface area contributed by atoms with Crippen molar-refractivity contribution in [1.82, 2.24) is 15.5 Å². The first-order chi connectivity index (χ1) is 9.20. The van der Waals surface area contributed by atoms with E-state index in [9.17, 15) is 4.79 Å². The fourth-order valence-electron chi connectivity index (χ4n) is 1.85. The number of H-pyrrole nitrogens is 1. The molecule has 1 heterocycles. The van der Waals surface area contributed by atoms with Gasteiger partial charge in [0.15, 0.2) is 0 Å². The summed E-state index contributed by atoms with van der Waals surface area (Å²) in [6.45, 7) is 2.98. The van der Waals surface area contributed by atoms with E-state index in [0.717, 1.165) is 17.7 Å². The van der Waals surface area contributed by atoms with Gasteiger partial charge in [-0.25, -0.2) is 0 Å². The molecule has 1 amide bonds. The van der Waals surface area contributed by atoms with Crippen molar-refractivity contribution in [3.8, 4) is 0 Å². The highest BCUT2D eigenvalue weighted by atomic mass is 16.1. The van der Waals surface area contributed by atoms with E-state index < -0.39 is 0 Å². The van der Waals surface area contributed by atoms with Gasteiger partial charge in [0.2, 0.25) is 0 Å². The van der Waals surface area contributed by atoms with Crippen LogP contribution in [0.15, 0.2) is 30.5 Å². The number of hydrogen-bond acceptors (Lipinski definition) is 3. The van der Waals surface area contributed by atoms with Gasteiger partial charge in [-0.1, -0.05) is 24.3 Å². The second kappa shape index (κ2) is 6.15. The van der Waals surface area contributed by atoms with Crippen molar-refractivity contribution in [3.63, 3.8) is 0 Å². The molecule has 0 spiro atoms. The van der Waals surface area contributed by atoms with Crippen LogP contribution in [-0.2, 0) is 13.0 Å². The third kappa shape index (κ3) is 3.42. The average molecular weight is 258 g/mol. The molecule has 5 heteroatoms. The molecule has 0 atom stereocenters. The molecule has 0 aliphatic carbocycles. The van der Waals surface area contributed by atoms with Crippen molar-refractivity contribution >= 4 is 5.91 Å². The first kappa shape index (κ1) is 13.3. The van der Waals surface area contributed by atoms with E-state index >= 15 is 0 Å². The van der Waals surface area contributed by atoms with Gasteiger partial charge in [0.25, 0.3) is 5.91 Å². The third-order valence-electron chi connectivity index (χ3n) is 2.98. The number of amides is 1. The van der Waals surface area contributed by atoms with Crippen LogP contribution in [0.4, 0.5) is 0 Å². The van der Waals surface area contributed by atoms with Gasteiger partial charge in [0.05, 0.1) is 11.8 Å². The average Bonchev–Trinajstić information content (AvgIpc) is 2.84. The predicted molar refractivity (Wildman–Crippen MR) is 73.7 cm³/mol. The van der Waals surface area contributed by atoms with Crippen LogP contribution in [0.25, 0.3) is 0 Å². The van der Waals surface area contributed by atoms with Crippen molar-refractivity contribution in [2.24, 2.45) is 5.73 Å². The second-order valence-corrected chi connectivity index (χ2v) is 4.45. The van der Waals surface area contributed by atoms with E-state index in [0.29, 0.717) is 18.7 Å². The SMILES string of the molecule is Cc1[nH]ncc1C(=O)NCc1ccc(CCN)cc1. The summed E-state index contributed by atoms with van der Waals surface area (Å²) in [5.41, 5.74) is 9.13.